The van der Waals surface area contributed by atoms with Crippen molar-refractivity contribution in [2.24, 2.45) is 0 Å². The van der Waals surface area contributed by atoms with Gasteiger partial charge in [0, 0.05) is 19.7 Å². The molecule has 150 valence electrons. The molecule has 0 bridgehead atoms. The third kappa shape index (κ3) is 6.59. The van der Waals surface area contributed by atoms with E-state index in [1.165, 1.54) is 6.08 Å². The number of amides is 1. The monoisotopic (exact) mass is 403 g/mol. The Morgan fingerprint density at radius 2 is 1.82 bits per heavy atom. The molecule has 6 heteroatoms. The molecule has 0 spiro atoms. The van der Waals surface area contributed by atoms with Crippen molar-refractivity contribution in [3.8, 4) is 11.5 Å². The summed E-state index contributed by atoms with van der Waals surface area (Å²) >= 11 is 6.30. The van der Waals surface area contributed by atoms with Crippen molar-refractivity contribution in [2.45, 2.75) is 33.1 Å². The second kappa shape index (κ2) is 10.7. The molecular formula is C22H26ClNO4. The van der Waals surface area contributed by atoms with E-state index in [-0.39, 0.29) is 12.0 Å². The SMILES string of the molecule is COCc1ccc(CNC(=O)/C=C/c2cc(Cl)c(OC(C)C)c(OC)c2)cc1. The maximum Gasteiger partial charge on any atom is 0.244 e. The van der Waals surface area contributed by atoms with Crippen LogP contribution < -0.4 is 14.8 Å². The quantitative estimate of drug-likeness (QED) is 0.621. The van der Waals surface area contributed by atoms with Crippen LogP contribution in [0.5, 0.6) is 11.5 Å². The summed E-state index contributed by atoms with van der Waals surface area (Å²) < 4.78 is 16.1. The second-order valence-corrected chi connectivity index (χ2v) is 6.91. The zero-order valence-corrected chi connectivity index (χ0v) is 17.4. The standard InChI is InChI=1S/C22H26ClNO4/c1-15(2)28-22-19(23)11-18(12-20(22)27-4)9-10-21(25)24-13-16-5-7-17(8-6-16)14-26-3/h5-12,15H,13-14H2,1-4H3,(H,24,25)/b10-9+. The van der Waals surface area contributed by atoms with Gasteiger partial charge in [0.25, 0.3) is 0 Å². The molecule has 0 aliphatic rings. The van der Waals surface area contributed by atoms with Gasteiger partial charge in [0.15, 0.2) is 11.5 Å². The molecule has 0 saturated carbocycles. The summed E-state index contributed by atoms with van der Waals surface area (Å²) in [6, 6.07) is 11.4. The minimum atomic E-state index is -0.196. The molecule has 2 aromatic carbocycles. The molecule has 0 radical (unpaired) electrons. The number of rotatable bonds is 9. The summed E-state index contributed by atoms with van der Waals surface area (Å²) in [5, 5.41) is 3.29. The van der Waals surface area contributed by atoms with Crippen LogP contribution in [-0.2, 0) is 22.7 Å². The zero-order valence-electron chi connectivity index (χ0n) is 16.6. The van der Waals surface area contributed by atoms with Gasteiger partial charge >= 0.3 is 0 Å². The van der Waals surface area contributed by atoms with E-state index < -0.39 is 0 Å². The maximum atomic E-state index is 12.1. The Labute approximate surface area is 171 Å². The molecule has 0 unspecified atom stereocenters. The fourth-order valence-corrected chi connectivity index (χ4v) is 2.79. The number of ether oxygens (including phenoxy) is 3. The van der Waals surface area contributed by atoms with Crippen molar-refractivity contribution in [3.63, 3.8) is 0 Å². The van der Waals surface area contributed by atoms with Crippen LogP contribution in [0.2, 0.25) is 5.02 Å². The Hall–Kier alpha value is -2.50. The Morgan fingerprint density at radius 3 is 2.43 bits per heavy atom. The molecule has 5 nitrogen and oxygen atoms in total. The fraction of sp³-hybridized carbons (Fsp3) is 0.318. The number of carbonyl (C=O) groups excluding carboxylic acids is 1. The number of nitrogens with one attached hydrogen (secondary N) is 1. The van der Waals surface area contributed by atoms with Crippen molar-refractivity contribution in [2.75, 3.05) is 14.2 Å². The number of methoxy groups -OCH3 is 2. The molecule has 0 saturated heterocycles. The normalized spacial score (nSPS) is 11.1. The molecule has 2 aromatic rings. The minimum Gasteiger partial charge on any atom is -0.493 e. The average molecular weight is 404 g/mol. The van der Waals surface area contributed by atoms with Gasteiger partial charge < -0.3 is 19.5 Å². The van der Waals surface area contributed by atoms with Crippen LogP contribution in [0.15, 0.2) is 42.5 Å². The van der Waals surface area contributed by atoms with Crippen molar-refractivity contribution < 1.29 is 19.0 Å². The van der Waals surface area contributed by atoms with E-state index in [0.717, 1.165) is 16.7 Å². The van der Waals surface area contributed by atoms with Crippen LogP contribution in [0.4, 0.5) is 0 Å². The van der Waals surface area contributed by atoms with Crippen LogP contribution in [0.3, 0.4) is 0 Å². The van der Waals surface area contributed by atoms with E-state index in [9.17, 15) is 4.79 Å². The predicted molar refractivity (Wildman–Crippen MR) is 112 cm³/mol. The predicted octanol–water partition coefficient (Wildman–Crippen LogP) is 4.61. The molecule has 0 aromatic heterocycles. The maximum absolute atomic E-state index is 12.1. The summed E-state index contributed by atoms with van der Waals surface area (Å²) in [5.41, 5.74) is 2.85. The van der Waals surface area contributed by atoms with E-state index in [0.29, 0.717) is 29.7 Å². The fourth-order valence-electron chi connectivity index (χ4n) is 2.53. The number of benzene rings is 2. The third-order valence-electron chi connectivity index (χ3n) is 3.83. The van der Waals surface area contributed by atoms with Gasteiger partial charge in [-0.15, -0.1) is 0 Å². The molecule has 0 fully saturated rings. The van der Waals surface area contributed by atoms with Gasteiger partial charge in [0.2, 0.25) is 5.91 Å². The Kier molecular flexibility index (Phi) is 8.36. The van der Waals surface area contributed by atoms with Crippen molar-refractivity contribution in [3.05, 3.63) is 64.2 Å². The lowest BCUT2D eigenvalue weighted by Gasteiger charge is -2.15. The van der Waals surface area contributed by atoms with Gasteiger partial charge in [-0.25, -0.2) is 0 Å². The van der Waals surface area contributed by atoms with Crippen LogP contribution in [0.25, 0.3) is 6.08 Å². The first-order chi connectivity index (χ1) is 13.4. The number of carbonyl (C=O) groups is 1. The van der Waals surface area contributed by atoms with Crippen LogP contribution in [0, 0.1) is 0 Å². The van der Waals surface area contributed by atoms with Crippen molar-refractivity contribution >= 4 is 23.6 Å². The average Bonchev–Trinajstić information content (AvgIpc) is 2.67. The summed E-state index contributed by atoms with van der Waals surface area (Å²) in [6.07, 6.45) is 3.12. The van der Waals surface area contributed by atoms with Crippen molar-refractivity contribution in [1.29, 1.82) is 0 Å². The largest absolute Gasteiger partial charge is 0.493 e. The lowest BCUT2D eigenvalue weighted by atomic mass is 10.1. The highest BCUT2D eigenvalue weighted by Gasteiger charge is 2.12. The number of hydrogen-bond donors (Lipinski definition) is 1. The molecule has 0 aliphatic heterocycles. The highest BCUT2D eigenvalue weighted by Crippen LogP contribution is 2.37. The highest BCUT2D eigenvalue weighted by atomic mass is 35.5. The first kappa shape index (κ1) is 21.8. The molecule has 0 atom stereocenters. The lowest BCUT2D eigenvalue weighted by molar-refractivity contribution is -0.116. The van der Waals surface area contributed by atoms with Gasteiger partial charge in [-0.3, -0.25) is 4.79 Å². The van der Waals surface area contributed by atoms with E-state index in [1.807, 2.05) is 38.1 Å². The first-order valence-electron chi connectivity index (χ1n) is 8.99. The van der Waals surface area contributed by atoms with Crippen LogP contribution in [0.1, 0.15) is 30.5 Å². The smallest absolute Gasteiger partial charge is 0.244 e. The van der Waals surface area contributed by atoms with Gasteiger partial charge in [-0.2, -0.15) is 0 Å². The summed E-state index contributed by atoms with van der Waals surface area (Å²) in [5.74, 6) is 0.827. The molecular weight excluding hydrogens is 378 g/mol. The van der Waals surface area contributed by atoms with E-state index in [2.05, 4.69) is 5.32 Å². The molecule has 1 amide bonds. The van der Waals surface area contributed by atoms with Gasteiger partial charge in [-0.1, -0.05) is 35.9 Å². The van der Waals surface area contributed by atoms with E-state index in [1.54, 1.807) is 32.4 Å². The third-order valence-corrected chi connectivity index (χ3v) is 4.11. The molecule has 0 aliphatic carbocycles. The van der Waals surface area contributed by atoms with Crippen molar-refractivity contribution in [1.82, 2.24) is 5.32 Å². The second-order valence-electron chi connectivity index (χ2n) is 6.50. The van der Waals surface area contributed by atoms with Gasteiger partial charge in [0.1, 0.15) is 0 Å². The summed E-state index contributed by atoms with van der Waals surface area (Å²) in [4.78, 5) is 12.1. The van der Waals surface area contributed by atoms with Crippen LogP contribution >= 0.6 is 11.6 Å². The Bertz CT molecular complexity index is 816. The highest BCUT2D eigenvalue weighted by molar-refractivity contribution is 6.32. The van der Waals surface area contributed by atoms with Gasteiger partial charge in [0.05, 0.1) is 24.8 Å². The Morgan fingerprint density at radius 1 is 1.14 bits per heavy atom. The molecule has 0 heterocycles. The molecule has 1 N–H and O–H groups in total. The summed E-state index contributed by atoms with van der Waals surface area (Å²) in [6.45, 7) is 4.85. The van der Waals surface area contributed by atoms with Crippen LogP contribution in [-0.4, -0.2) is 26.2 Å². The van der Waals surface area contributed by atoms with E-state index in [4.69, 9.17) is 25.8 Å². The minimum absolute atomic E-state index is 0.0258. The zero-order chi connectivity index (χ0) is 20.5. The Balaban J connectivity index is 1.98. The number of halogens is 1. The van der Waals surface area contributed by atoms with E-state index >= 15 is 0 Å². The van der Waals surface area contributed by atoms with Gasteiger partial charge in [-0.05, 0) is 48.7 Å². The lowest BCUT2D eigenvalue weighted by Crippen LogP contribution is -2.20. The topological polar surface area (TPSA) is 56.8 Å². The molecule has 28 heavy (non-hydrogen) atoms. The number of hydrogen-bond acceptors (Lipinski definition) is 4. The molecule has 2 rings (SSSR count). The summed E-state index contributed by atoms with van der Waals surface area (Å²) in [7, 11) is 3.21. The first-order valence-corrected chi connectivity index (χ1v) is 9.37.